The summed E-state index contributed by atoms with van der Waals surface area (Å²) >= 11 is 1.31. The van der Waals surface area contributed by atoms with Crippen molar-refractivity contribution < 1.29 is 0 Å². The fraction of sp³-hybridized carbons (Fsp3) is 0.167. The van der Waals surface area contributed by atoms with Crippen LogP contribution in [0.15, 0.2) is 39.0 Å². The normalized spacial score (nSPS) is 10.1. The highest BCUT2D eigenvalue weighted by atomic mass is 32.2. The van der Waals surface area contributed by atoms with E-state index < -0.39 is 11.1 Å². The van der Waals surface area contributed by atoms with Crippen molar-refractivity contribution in [2.75, 3.05) is 0 Å². The van der Waals surface area contributed by atoms with E-state index in [0.717, 1.165) is 5.56 Å². The van der Waals surface area contributed by atoms with Gasteiger partial charge in [-0.3, -0.25) is 19.4 Å². The maximum absolute atomic E-state index is 11.2. The molecule has 2 rings (SSSR count). The van der Waals surface area contributed by atoms with E-state index in [-0.39, 0.29) is 0 Å². The average Bonchev–Trinajstić information content (AvgIpc) is 2.41. The molecule has 0 fully saturated rings. The standard InChI is InChI=1S/C12H10N4O2S/c1-16-12(14-10(17)11(18)15-16)19-7-9-4-2-3-8(5-9)6-13/h2-5H,7H2,1H3,(H,15,18). The first-order chi connectivity index (χ1) is 9.10. The van der Waals surface area contributed by atoms with Gasteiger partial charge >= 0.3 is 11.1 Å². The lowest BCUT2D eigenvalue weighted by Crippen LogP contribution is -2.33. The van der Waals surface area contributed by atoms with Crippen LogP contribution in [0.5, 0.6) is 0 Å². The molecular formula is C12H10N4O2S. The van der Waals surface area contributed by atoms with Crippen LogP contribution >= 0.6 is 11.8 Å². The summed E-state index contributed by atoms with van der Waals surface area (Å²) in [5.74, 6) is 0.557. The fourth-order valence-electron chi connectivity index (χ4n) is 1.47. The van der Waals surface area contributed by atoms with Gasteiger partial charge in [-0.1, -0.05) is 23.9 Å². The molecule has 0 bridgehead atoms. The van der Waals surface area contributed by atoms with Crippen LogP contribution in [-0.4, -0.2) is 14.8 Å². The Balaban J connectivity index is 2.19. The second-order valence-corrected chi connectivity index (χ2v) is 4.74. The van der Waals surface area contributed by atoms with E-state index >= 15 is 0 Å². The summed E-state index contributed by atoms with van der Waals surface area (Å²) in [4.78, 5) is 25.9. The number of hydrogen-bond acceptors (Lipinski definition) is 5. The highest BCUT2D eigenvalue weighted by molar-refractivity contribution is 7.98. The molecule has 1 N–H and O–H groups in total. The largest absolute Gasteiger partial charge is 0.339 e. The lowest BCUT2D eigenvalue weighted by atomic mass is 10.2. The van der Waals surface area contributed by atoms with Crippen LogP contribution in [0.2, 0.25) is 0 Å². The molecule has 6 nitrogen and oxygen atoms in total. The maximum Gasteiger partial charge on any atom is 0.339 e. The van der Waals surface area contributed by atoms with Crippen LogP contribution < -0.4 is 11.1 Å². The van der Waals surface area contributed by atoms with Crippen LogP contribution in [0.4, 0.5) is 0 Å². The lowest BCUT2D eigenvalue weighted by Gasteiger charge is -2.05. The summed E-state index contributed by atoms with van der Waals surface area (Å²) in [6.45, 7) is 0. The third-order valence-electron chi connectivity index (χ3n) is 2.37. The SMILES string of the molecule is Cn1[nH]c(=O)c(=O)nc1SCc1cccc(C#N)c1. The first-order valence-corrected chi connectivity index (χ1v) is 6.38. The Kier molecular flexibility index (Phi) is 3.82. The molecule has 0 spiro atoms. The zero-order valence-electron chi connectivity index (χ0n) is 10.1. The van der Waals surface area contributed by atoms with Crippen LogP contribution in [0.1, 0.15) is 11.1 Å². The van der Waals surface area contributed by atoms with Crippen LogP contribution in [0, 0.1) is 11.3 Å². The number of aryl methyl sites for hydroxylation is 1. The van der Waals surface area contributed by atoms with E-state index in [9.17, 15) is 9.59 Å². The Labute approximate surface area is 112 Å². The Bertz CT molecular complexity index is 757. The average molecular weight is 274 g/mol. The molecule has 2 aromatic rings. The predicted octanol–water partition coefficient (Wildman–Crippen LogP) is 0.633. The van der Waals surface area contributed by atoms with Crippen molar-refractivity contribution in [3.8, 4) is 6.07 Å². The van der Waals surface area contributed by atoms with Crippen molar-refractivity contribution in [2.45, 2.75) is 10.9 Å². The number of thioether (sulfide) groups is 1. The number of rotatable bonds is 3. The van der Waals surface area contributed by atoms with E-state index in [0.29, 0.717) is 16.5 Å². The van der Waals surface area contributed by atoms with Gasteiger partial charge in [-0.15, -0.1) is 0 Å². The Hall–Kier alpha value is -2.33. The molecule has 0 radical (unpaired) electrons. The van der Waals surface area contributed by atoms with Gasteiger partial charge < -0.3 is 0 Å². The number of aromatic nitrogens is 3. The molecule has 0 amide bonds. The van der Waals surface area contributed by atoms with Crippen molar-refractivity contribution in [3.63, 3.8) is 0 Å². The molecule has 0 saturated carbocycles. The van der Waals surface area contributed by atoms with Gasteiger partial charge in [-0.05, 0) is 17.7 Å². The fourth-order valence-corrected chi connectivity index (χ4v) is 2.33. The van der Waals surface area contributed by atoms with E-state index in [4.69, 9.17) is 5.26 Å². The molecule has 0 aliphatic heterocycles. The molecule has 96 valence electrons. The smallest absolute Gasteiger partial charge is 0.265 e. The highest BCUT2D eigenvalue weighted by Crippen LogP contribution is 2.19. The molecule has 0 atom stereocenters. The Morgan fingerprint density at radius 3 is 3.00 bits per heavy atom. The van der Waals surface area contributed by atoms with Crippen LogP contribution in [0.25, 0.3) is 0 Å². The molecule has 0 aliphatic rings. The molecule has 1 heterocycles. The Morgan fingerprint density at radius 1 is 1.47 bits per heavy atom. The predicted molar refractivity (Wildman–Crippen MR) is 70.8 cm³/mol. The molecule has 1 aromatic carbocycles. The number of aromatic amines is 1. The van der Waals surface area contributed by atoms with Gasteiger partial charge in [0.2, 0.25) is 0 Å². The third kappa shape index (κ3) is 3.11. The Morgan fingerprint density at radius 2 is 2.26 bits per heavy atom. The first kappa shape index (κ1) is 13.1. The monoisotopic (exact) mass is 274 g/mol. The number of hydrogen-bond donors (Lipinski definition) is 1. The van der Waals surface area contributed by atoms with Gasteiger partial charge in [0.15, 0.2) is 5.16 Å². The van der Waals surface area contributed by atoms with Gasteiger partial charge in [-0.2, -0.15) is 10.2 Å². The number of benzene rings is 1. The lowest BCUT2D eigenvalue weighted by molar-refractivity contribution is 0.596. The van der Waals surface area contributed by atoms with Gasteiger partial charge in [0, 0.05) is 12.8 Å². The summed E-state index contributed by atoms with van der Waals surface area (Å²) in [7, 11) is 1.61. The number of nitrogens with zero attached hydrogens (tertiary/aromatic N) is 3. The minimum atomic E-state index is -0.800. The molecular weight excluding hydrogens is 264 g/mol. The second-order valence-electron chi connectivity index (χ2n) is 3.80. The topological polar surface area (TPSA) is 91.5 Å². The third-order valence-corrected chi connectivity index (χ3v) is 3.47. The molecule has 1 aromatic heterocycles. The molecule has 0 saturated heterocycles. The summed E-state index contributed by atoms with van der Waals surface area (Å²) in [6.07, 6.45) is 0. The van der Waals surface area contributed by atoms with Crippen molar-refractivity contribution in [2.24, 2.45) is 7.05 Å². The summed E-state index contributed by atoms with van der Waals surface area (Å²) in [5, 5.41) is 11.6. The van der Waals surface area contributed by atoms with Crippen molar-refractivity contribution >= 4 is 11.8 Å². The van der Waals surface area contributed by atoms with E-state index in [2.05, 4.69) is 16.2 Å². The van der Waals surface area contributed by atoms with Gasteiger partial charge in [0.1, 0.15) is 0 Å². The quantitative estimate of drug-likeness (QED) is 0.655. The van der Waals surface area contributed by atoms with Crippen LogP contribution in [-0.2, 0) is 12.8 Å². The molecule has 0 unspecified atom stereocenters. The van der Waals surface area contributed by atoms with Crippen molar-refractivity contribution in [3.05, 3.63) is 56.1 Å². The maximum atomic E-state index is 11.2. The van der Waals surface area contributed by atoms with Gasteiger partial charge in [-0.25, -0.2) is 0 Å². The number of nitriles is 1. The van der Waals surface area contributed by atoms with E-state index in [1.165, 1.54) is 16.4 Å². The first-order valence-electron chi connectivity index (χ1n) is 5.39. The van der Waals surface area contributed by atoms with Crippen molar-refractivity contribution in [1.82, 2.24) is 14.8 Å². The zero-order chi connectivity index (χ0) is 13.8. The molecule has 7 heteroatoms. The minimum Gasteiger partial charge on any atom is -0.265 e. The number of nitrogens with one attached hydrogen (secondary N) is 1. The summed E-state index contributed by atoms with van der Waals surface area (Å²) < 4.78 is 1.41. The van der Waals surface area contributed by atoms with Gasteiger partial charge in [0.25, 0.3) is 0 Å². The molecule has 19 heavy (non-hydrogen) atoms. The highest BCUT2D eigenvalue weighted by Gasteiger charge is 2.05. The second kappa shape index (κ2) is 5.54. The minimum absolute atomic E-state index is 0.423. The summed E-state index contributed by atoms with van der Waals surface area (Å²) in [6, 6.07) is 9.25. The van der Waals surface area contributed by atoms with E-state index in [1.54, 1.807) is 25.2 Å². The zero-order valence-corrected chi connectivity index (χ0v) is 10.9. The molecule has 0 aliphatic carbocycles. The summed E-state index contributed by atoms with van der Waals surface area (Å²) in [5.41, 5.74) is -0.00406. The van der Waals surface area contributed by atoms with E-state index in [1.807, 2.05) is 6.07 Å². The van der Waals surface area contributed by atoms with Gasteiger partial charge in [0.05, 0.1) is 11.6 Å². The number of H-pyrrole nitrogens is 1. The van der Waals surface area contributed by atoms with Crippen molar-refractivity contribution in [1.29, 1.82) is 5.26 Å². The van der Waals surface area contributed by atoms with Crippen LogP contribution in [0.3, 0.4) is 0 Å².